The molecule has 0 atom stereocenters. The zero-order chi connectivity index (χ0) is 15.8. The molecule has 0 spiro atoms. The molecule has 22 heavy (non-hydrogen) atoms. The lowest BCUT2D eigenvalue weighted by atomic mass is 9.99. The van der Waals surface area contributed by atoms with E-state index < -0.39 is 0 Å². The quantitative estimate of drug-likeness (QED) is 0.482. The molecular weight excluding hydrogens is 272 g/mol. The largest absolute Gasteiger partial charge is 0.370 e. The van der Waals surface area contributed by atoms with Crippen LogP contribution in [0.2, 0.25) is 0 Å². The van der Waals surface area contributed by atoms with E-state index in [0.29, 0.717) is 19.0 Å². The van der Waals surface area contributed by atoms with E-state index in [1.54, 1.807) is 6.08 Å². The molecule has 1 aliphatic rings. The van der Waals surface area contributed by atoms with Crippen LogP contribution < -0.4 is 11.1 Å². The number of hydrogen-bond acceptors (Lipinski definition) is 2. The summed E-state index contributed by atoms with van der Waals surface area (Å²) in [5.41, 5.74) is 8.31. The van der Waals surface area contributed by atoms with Crippen molar-refractivity contribution < 1.29 is 0 Å². The minimum Gasteiger partial charge on any atom is -0.370 e. The molecule has 0 bridgehead atoms. The number of rotatable bonds is 6. The van der Waals surface area contributed by atoms with E-state index in [-0.39, 0.29) is 0 Å². The van der Waals surface area contributed by atoms with Crippen molar-refractivity contribution in [3.8, 4) is 0 Å². The number of benzene rings is 1. The van der Waals surface area contributed by atoms with Gasteiger partial charge in [0.05, 0.1) is 6.54 Å². The maximum atomic E-state index is 5.76. The highest BCUT2D eigenvalue weighted by Gasteiger charge is 2.15. The standard InChI is InChI=1S/C18H28N4/c1-3-10-20-18(19)21-13-16-4-6-17(7-5-16)14-22-11-8-15(2)9-12-22/h3-7,15H,1,8-14H2,2H3,(H3,19,20,21). The van der Waals surface area contributed by atoms with E-state index in [9.17, 15) is 0 Å². The molecule has 1 heterocycles. The molecule has 2 rings (SSSR count). The van der Waals surface area contributed by atoms with Gasteiger partial charge in [-0.2, -0.15) is 0 Å². The molecule has 120 valence electrons. The van der Waals surface area contributed by atoms with Gasteiger partial charge in [0.25, 0.3) is 0 Å². The van der Waals surface area contributed by atoms with Crippen molar-refractivity contribution in [2.24, 2.45) is 16.6 Å². The molecular formula is C18H28N4. The molecule has 3 N–H and O–H groups in total. The summed E-state index contributed by atoms with van der Waals surface area (Å²) in [6.07, 6.45) is 4.41. The number of nitrogens with zero attached hydrogens (tertiary/aromatic N) is 2. The number of guanidine groups is 1. The van der Waals surface area contributed by atoms with Crippen molar-refractivity contribution >= 4 is 5.96 Å². The van der Waals surface area contributed by atoms with Gasteiger partial charge in [-0.1, -0.05) is 37.3 Å². The number of nitrogens with two attached hydrogens (primary N) is 1. The second kappa shape index (κ2) is 8.59. The van der Waals surface area contributed by atoms with E-state index in [1.807, 2.05) is 0 Å². The average Bonchev–Trinajstić information content (AvgIpc) is 2.54. The maximum Gasteiger partial charge on any atom is 0.189 e. The van der Waals surface area contributed by atoms with Crippen LogP contribution in [0.15, 0.2) is 41.9 Å². The summed E-state index contributed by atoms with van der Waals surface area (Å²) in [5, 5.41) is 2.97. The smallest absolute Gasteiger partial charge is 0.189 e. The number of nitrogens with one attached hydrogen (secondary N) is 1. The predicted octanol–water partition coefficient (Wildman–Crippen LogP) is 2.51. The first kappa shape index (κ1) is 16.6. The van der Waals surface area contributed by atoms with Crippen molar-refractivity contribution in [1.29, 1.82) is 0 Å². The molecule has 0 amide bonds. The van der Waals surface area contributed by atoms with E-state index in [1.165, 1.54) is 37.1 Å². The van der Waals surface area contributed by atoms with Crippen molar-refractivity contribution in [3.05, 3.63) is 48.0 Å². The Morgan fingerprint density at radius 1 is 1.32 bits per heavy atom. The summed E-state index contributed by atoms with van der Waals surface area (Å²) < 4.78 is 0. The van der Waals surface area contributed by atoms with Gasteiger partial charge in [0, 0.05) is 13.1 Å². The van der Waals surface area contributed by atoms with Crippen molar-refractivity contribution in [2.45, 2.75) is 32.9 Å². The molecule has 1 saturated heterocycles. The van der Waals surface area contributed by atoms with Gasteiger partial charge in [0.15, 0.2) is 5.96 Å². The number of likely N-dealkylation sites (tertiary alicyclic amines) is 1. The van der Waals surface area contributed by atoms with E-state index in [0.717, 1.165) is 12.5 Å². The third-order valence-electron chi connectivity index (χ3n) is 4.16. The first-order valence-corrected chi connectivity index (χ1v) is 8.12. The van der Waals surface area contributed by atoms with Crippen LogP contribution >= 0.6 is 0 Å². The highest BCUT2D eigenvalue weighted by molar-refractivity contribution is 5.77. The Bertz CT molecular complexity index is 484. The Morgan fingerprint density at radius 2 is 1.95 bits per heavy atom. The molecule has 1 aromatic carbocycles. The maximum absolute atomic E-state index is 5.76. The van der Waals surface area contributed by atoms with Crippen LogP contribution in [0.5, 0.6) is 0 Å². The molecule has 1 aliphatic heterocycles. The molecule has 0 aromatic heterocycles. The van der Waals surface area contributed by atoms with Crippen LogP contribution in [-0.4, -0.2) is 30.5 Å². The van der Waals surface area contributed by atoms with Crippen LogP contribution in [0.1, 0.15) is 30.9 Å². The van der Waals surface area contributed by atoms with E-state index in [4.69, 9.17) is 5.73 Å². The van der Waals surface area contributed by atoms with Crippen LogP contribution in [0.3, 0.4) is 0 Å². The highest BCUT2D eigenvalue weighted by atomic mass is 15.1. The van der Waals surface area contributed by atoms with Gasteiger partial charge in [-0.15, -0.1) is 6.58 Å². The van der Waals surface area contributed by atoms with Crippen LogP contribution in [0.4, 0.5) is 0 Å². The first-order chi connectivity index (χ1) is 10.7. The Kier molecular flexibility index (Phi) is 6.46. The minimum atomic E-state index is 0.464. The molecule has 1 aromatic rings. The van der Waals surface area contributed by atoms with E-state index in [2.05, 4.69) is 53.0 Å². The first-order valence-electron chi connectivity index (χ1n) is 8.12. The lowest BCUT2D eigenvalue weighted by molar-refractivity contribution is 0.185. The van der Waals surface area contributed by atoms with Gasteiger partial charge in [0.1, 0.15) is 0 Å². The third-order valence-corrected chi connectivity index (χ3v) is 4.16. The van der Waals surface area contributed by atoms with E-state index >= 15 is 0 Å². The number of hydrogen-bond donors (Lipinski definition) is 2. The summed E-state index contributed by atoms with van der Waals surface area (Å²) in [5.74, 6) is 1.35. The predicted molar refractivity (Wildman–Crippen MR) is 93.6 cm³/mol. The zero-order valence-electron chi connectivity index (χ0n) is 13.6. The van der Waals surface area contributed by atoms with Gasteiger partial charge in [-0.05, 0) is 43.0 Å². The third kappa shape index (κ3) is 5.53. The summed E-state index contributed by atoms with van der Waals surface area (Å²) in [4.78, 5) is 6.86. The number of piperidine rings is 1. The molecule has 0 radical (unpaired) electrons. The van der Waals surface area contributed by atoms with Crippen molar-refractivity contribution in [3.63, 3.8) is 0 Å². The van der Waals surface area contributed by atoms with Crippen LogP contribution in [0.25, 0.3) is 0 Å². The van der Waals surface area contributed by atoms with Gasteiger partial charge >= 0.3 is 0 Å². The normalized spacial score (nSPS) is 17.4. The van der Waals surface area contributed by atoms with Gasteiger partial charge in [-0.25, -0.2) is 4.99 Å². The molecule has 4 nitrogen and oxygen atoms in total. The summed E-state index contributed by atoms with van der Waals surface area (Å²) in [7, 11) is 0. The minimum absolute atomic E-state index is 0.464. The SMILES string of the molecule is C=CCNC(N)=NCc1ccc(CN2CCC(C)CC2)cc1. The lowest BCUT2D eigenvalue weighted by Gasteiger charge is -2.30. The lowest BCUT2D eigenvalue weighted by Crippen LogP contribution is -2.32. The van der Waals surface area contributed by atoms with Crippen molar-refractivity contribution in [1.82, 2.24) is 10.2 Å². The fourth-order valence-electron chi connectivity index (χ4n) is 2.64. The average molecular weight is 300 g/mol. The number of aliphatic imine (C=N–C) groups is 1. The highest BCUT2D eigenvalue weighted by Crippen LogP contribution is 2.18. The summed E-state index contributed by atoms with van der Waals surface area (Å²) >= 11 is 0. The Morgan fingerprint density at radius 3 is 2.59 bits per heavy atom. The Balaban J connectivity index is 1.81. The van der Waals surface area contributed by atoms with Gasteiger partial charge < -0.3 is 11.1 Å². The monoisotopic (exact) mass is 300 g/mol. The Hall–Kier alpha value is -1.81. The zero-order valence-corrected chi connectivity index (χ0v) is 13.6. The molecule has 0 aliphatic carbocycles. The fraction of sp³-hybridized carbons (Fsp3) is 0.500. The second-order valence-electron chi connectivity index (χ2n) is 6.15. The topological polar surface area (TPSA) is 53.6 Å². The molecule has 4 heteroatoms. The Labute approximate surface area is 134 Å². The fourth-order valence-corrected chi connectivity index (χ4v) is 2.64. The van der Waals surface area contributed by atoms with Crippen molar-refractivity contribution in [2.75, 3.05) is 19.6 Å². The summed E-state index contributed by atoms with van der Waals surface area (Å²) in [6.45, 7) is 10.7. The summed E-state index contributed by atoms with van der Waals surface area (Å²) in [6, 6.07) is 8.70. The van der Waals surface area contributed by atoms with Crippen LogP contribution in [0, 0.1) is 5.92 Å². The second-order valence-corrected chi connectivity index (χ2v) is 6.15. The molecule has 1 fully saturated rings. The molecule has 0 unspecified atom stereocenters. The molecule has 0 saturated carbocycles. The van der Waals surface area contributed by atoms with Crippen LogP contribution in [-0.2, 0) is 13.1 Å². The van der Waals surface area contributed by atoms with Gasteiger partial charge in [0.2, 0.25) is 0 Å². The van der Waals surface area contributed by atoms with Gasteiger partial charge in [-0.3, -0.25) is 4.90 Å².